The average Bonchev–Trinajstić information content (AvgIpc) is 2.72. The number of benzene rings is 2. The molecule has 2 unspecified atom stereocenters. The van der Waals surface area contributed by atoms with Gasteiger partial charge in [0.2, 0.25) is 12.2 Å². The van der Waals surface area contributed by atoms with E-state index in [-0.39, 0.29) is 0 Å². The van der Waals surface area contributed by atoms with Crippen molar-refractivity contribution < 1.29 is 9.59 Å². The van der Waals surface area contributed by atoms with Crippen LogP contribution in [0.25, 0.3) is 22.7 Å². The van der Waals surface area contributed by atoms with Crippen LogP contribution in [-0.4, -0.2) is 22.8 Å². The summed E-state index contributed by atoms with van der Waals surface area (Å²) in [4.78, 5) is 29.5. The van der Waals surface area contributed by atoms with E-state index >= 15 is 0 Å². The summed E-state index contributed by atoms with van der Waals surface area (Å²) in [5.41, 5.74) is 3.99. The first-order valence-corrected chi connectivity index (χ1v) is 7.61. The predicted octanol–water partition coefficient (Wildman–Crippen LogP) is 2.53. The van der Waals surface area contributed by atoms with Crippen molar-refractivity contribution in [3.05, 3.63) is 58.9 Å². The maximum absolute atomic E-state index is 11.0. The number of para-hydroxylation sites is 1. The summed E-state index contributed by atoms with van der Waals surface area (Å²) < 4.78 is 2.10. The zero-order valence-corrected chi connectivity index (χ0v) is 12.9. The van der Waals surface area contributed by atoms with Gasteiger partial charge in [0.05, 0.1) is 11.2 Å². The molecule has 0 N–H and O–H groups in total. The molecule has 2 aromatic carbocycles. The molecule has 0 saturated carbocycles. The quantitative estimate of drug-likeness (QED) is 0.551. The van der Waals surface area contributed by atoms with Crippen molar-refractivity contribution in [1.82, 2.24) is 4.57 Å². The number of aryl methyl sites for hydroxylation is 1. The monoisotopic (exact) mass is 315 g/mol. The Morgan fingerprint density at radius 1 is 1.00 bits per heavy atom. The van der Waals surface area contributed by atoms with Gasteiger partial charge in [-0.25, -0.2) is 9.59 Å². The van der Waals surface area contributed by atoms with Crippen molar-refractivity contribution in [3.8, 4) is 5.69 Å². The second kappa shape index (κ2) is 5.43. The fraction of sp³-hybridized carbons (Fsp3) is 0.158. The summed E-state index contributed by atoms with van der Waals surface area (Å²) in [5.74, 6) is 0. The SMILES string of the molecule is Cc1ccccc1-n1c2c3cccc1c3=CC(N=C=O)C2N=C=O. The van der Waals surface area contributed by atoms with E-state index in [1.165, 1.54) is 0 Å². The van der Waals surface area contributed by atoms with E-state index in [1.807, 2.05) is 55.5 Å². The Morgan fingerprint density at radius 3 is 2.54 bits per heavy atom. The van der Waals surface area contributed by atoms with Crippen LogP contribution in [0.2, 0.25) is 0 Å². The lowest BCUT2D eigenvalue weighted by atomic mass is 9.96. The van der Waals surface area contributed by atoms with Gasteiger partial charge >= 0.3 is 0 Å². The zero-order chi connectivity index (χ0) is 16.7. The number of rotatable bonds is 3. The van der Waals surface area contributed by atoms with Gasteiger partial charge in [0.25, 0.3) is 0 Å². The number of aromatic nitrogens is 1. The molecule has 0 spiro atoms. The molecule has 3 aromatic rings. The Morgan fingerprint density at radius 2 is 1.79 bits per heavy atom. The van der Waals surface area contributed by atoms with Gasteiger partial charge in [-0.2, -0.15) is 9.98 Å². The number of carbonyl (C=O) groups excluding carboxylic acids is 2. The van der Waals surface area contributed by atoms with Gasteiger partial charge in [-0.1, -0.05) is 30.3 Å². The number of nitrogens with zero attached hydrogens (tertiary/aromatic N) is 3. The first kappa shape index (κ1) is 14.3. The Hall–Kier alpha value is -3.26. The maximum atomic E-state index is 11.0. The molecule has 0 fully saturated rings. The van der Waals surface area contributed by atoms with Crippen molar-refractivity contribution in [2.24, 2.45) is 9.98 Å². The van der Waals surface area contributed by atoms with Crippen LogP contribution in [0.5, 0.6) is 0 Å². The van der Waals surface area contributed by atoms with Crippen LogP contribution in [0.15, 0.2) is 52.4 Å². The molecule has 0 aliphatic heterocycles. The molecule has 5 nitrogen and oxygen atoms in total. The minimum atomic E-state index is -0.587. The Balaban J connectivity index is 2.14. The molecule has 4 rings (SSSR count). The molecule has 0 radical (unpaired) electrons. The second-order valence-corrected chi connectivity index (χ2v) is 5.79. The zero-order valence-electron chi connectivity index (χ0n) is 12.9. The molecule has 1 aliphatic carbocycles. The van der Waals surface area contributed by atoms with Crippen molar-refractivity contribution in [3.63, 3.8) is 0 Å². The lowest BCUT2D eigenvalue weighted by Gasteiger charge is -2.20. The van der Waals surface area contributed by atoms with Crippen LogP contribution < -0.4 is 5.22 Å². The van der Waals surface area contributed by atoms with E-state index in [4.69, 9.17) is 0 Å². The van der Waals surface area contributed by atoms with Crippen LogP contribution in [0.1, 0.15) is 17.3 Å². The van der Waals surface area contributed by atoms with Crippen molar-refractivity contribution in [2.75, 3.05) is 0 Å². The van der Waals surface area contributed by atoms with Gasteiger partial charge in [-0.3, -0.25) is 0 Å². The fourth-order valence-corrected chi connectivity index (χ4v) is 3.55. The first-order chi connectivity index (χ1) is 11.8. The van der Waals surface area contributed by atoms with Crippen LogP contribution in [-0.2, 0) is 9.59 Å². The molecule has 0 saturated heterocycles. The van der Waals surface area contributed by atoms with Crippen LogP contribution in [0.4, 0.5) is 0 Å². The summed E-state index contributed by atoms with van der Waals surface area (Å²) in [7, 11) is 0. The molecule has 116 valence electrons. The number of hydrogen-bond acceptors (Lipinski definition) is 4. The third-order valence-electron chi connectivity index (χ3n) is 4.53. The highest BCUT2D eigenvalue weighted by Crippen LogP contribution is 2.36. The molecular formula is C19H13N3O2. The molecule has 0 amide bonds. The lowest BCUT2D eigenvalue weighted by molar-refractivity contribution is 0.543. The van der Waals surface area contributed by atoms with Gasteiger partial charge in [-0.05, 0) is 30.7 Å². The van der Waals surface area contributed by atoms with Crippen LogP contribution in [0.3, 0.4) is 0 Å². The largest absolute Gasteiger partial charge is 0.310 e. The average molecular weight is 315 g/mol. The van der Waals surface area contributed by atoms with Crippen LogP contribution in [0, 0.1) is 6.92 Å². The lowest BCUT2D eigenvalue weighted by Crippen LogP contribution is -2.21. The minimum absolute atomic E-state index is 0.540. The van der Waals surface area contributed by atoms with E-state index in [1.54, 1.807) is 12.2 Å². The topological polar surface area (TPSA) is 63.8 Å². The minimum Gasteiger partial charge on any atom is -0.310 e. The molecule has 4 bridgehead atoms. The highest BCUT2D eigenvalue weighted by atomic mass is 16.1. The summed E-state index contributed by atoms with van der Waals surface area (Å²) in [6.07, 6.45) is 5.09. The third kappa shape index (κ3) is 1.90. The van der Waals surface area contributed by atoms with E-state index < -0.39 is 12.1 Å². The van der Waals surface area contributed by atoms with Gasteiger partial charge in [-0.15, -0.1) is 0 Å². The molecule has 2 atom stereocenters. The van der Waals surface area contributed by atoms with E-state index in [0.29, 0.717) is 0 Å². The Bertz CT molecular complexity index is 1100. The Labute approximate surface area is 137 Å². The molecule has 1 aliphatic rings. The number of isocyanates is 2. The highest BCUT2D eigenvalue weighted by molar-refractivity contribution is 5.82. The maximum Gasteiger partial charge on any atom is 0.235 e. The van der Waals surface area contributed by atoms with Gasteiger partial charge in [0, 0.05) is 16.3 Å². The van der Waals surface area contributed by atoms with Crippen molar-refractivity contribution >= 4 is 29.1 Å². The van der Waals surface area contributed by atoms with Gasteiger partial charge in [0.1, 0.15) is 12.1 Å². The van der Waals surface area contributed by atoms with Gasteiger partial charge < -0.3 is 4.57 Å². The Kier molecular flexibility index (Phi) is 3.24. The molecule has 5 heteroatoms. The van der Waals surface area contributed by atoms with E-state index in [9.17, 15) is 9.59 Å². The first-order valence-electron chi connectivity index (χ1n) is 7.61. The molecule has 1 aromatic heterocycles. The van der Waals surface area contributed by atoms with E-state index in [0.717, 1.165) is 33.1 Å². The second-order valence-electron chi connectivity index (χ2n) is 5.79. The number of hydrogen-bond donors (Lipinski definition) is 0. The molecular weight excluding hydrogens is 302 g/mol. The smallest absolute Gasteiger partial charge is 0.235 e. The highest BCUT2D eigenvalue weighted by Gasteiger charge is 2.32. The van der Waals surface area contributed by atoms with Crippen molar-refractivity contribution in [2.45, 2.75) is 19.0 Å². The van der Waals surface area contributed by atoms with Crippen molar-refractivity contribution in [1.29, 1.82) is 0 Å². The summed E-state index contributed by atoms with van der Waals surface area (Å²) in [6.45, 7) is 2.04. The van der Waals surface area contributed by atoms with Gasteiger partial charge in [0.15, 0.2) is 0 Å². The standard InChI is InChI=1S/C19H13N3O2/c1-12-5-2-3-7-16(12)22-17-8-4-6-13-14(17)9-15(20-10-23)18(19(13)22)21-11-24/h2-9,15,18H,1H3. The van der Waals surface area contributed by atoms with Crippen LogP contribution >= 0.6 is 0 Å². The predicted molar refractivity (Wildman–Crippen MR) is 90.5 cm³/mol. The van der Waals surface area contributed by atoms with E-state index in [2.05, 4.69) is 14.6 Å². The number of aliphatic imine (C=N–C) groups is 2. The third-order valence-corrected chi connectivity index (χ3v) is 4.53. The molecule has 1 heterocycles. The summed E-state index contributed by atoms with van der Waals surface area (Å²) >= 11 is 0. The normalized spacial score (nSPS) is 18.5. The summed E-state index contributed by atoms with van der Waals surface area (Å²) in [6, 6.07) is 12.9. The summed E-state index contributed by atoms with van der Waals surface area (Å²) in [5, 5.41) is 2.02. The fourth-order valence-electron chi connectivity index (χ4n) is 3.55. The molecule has 24 heavy (non-hydrogen) atoms.